The molecule has 0 aliphatic heterocycles. The molecule has 0 aliphatic rings. The van der Waals surface area contributed by atoms with E-state index in [9.17, 15) is 4.39 Å². The van der Waals surface area contributed by atoms with E-state index in [2.05, 4.69) is 5.32 Å². The minimum absolute atomic E-state index is 0.0494. The number of halogens is 1. The molecule has 2 atom stereocenters. The van der Waals surface area contributed by atoms with E-state index in [4.69, 9.17) is 4.42 Å². The van der Waals surface area contributed by atoms with Crippen molar-refractivity contribution >= 4 is 0 Å². The number of benzene rings is 1. The molecule has 2 nitrogen and oxygen atoms in total. The van der Waals surface area contributed by atoms with E-state index in [1.54, 1.807) is 12.1 Å². The Bertz CT molecular complexity index is 521. The molecule has 3 heteroatoms. The Balaban J connectivity index is 2.08. The molecule has 0 bridgehead atoms. The molecule has 96 valence electrons. The van der Waals surface area contributed by atoms with Gasteiger partial charge in [0.1, 0.15) is 17.3 Å². The zero-order valence-corrected chi connectivity index (χ0v) is 10.9. The van der Waals surface area contributed by atoms with Crippen LogP contribution < -0.4 is 5.32 Å². The van der Waals surface area contributed by atoms with Gasteiger partial charge in [-0.3, -0.25) is 0 Å². The monoisotopic (exact) mass is 247 g/mol. The minimum atomic E-state index is -0.180. The predicted octanol–water partition coefficient (Wildman–Crippen LogP) is 4.14. The lowest BCUT2D eigenvalue weighted by molar-refractivity contribution is 0.388. The molecule has 0 spiro atoms. The van der Waals surface area contributed by atoms with Crippen LogP contribution in [0.5, 0.6) is 0 Å². The number of hydrogen-bond acceptors (Lipinski definition) is 2. The van der Waals surface area contributed by atoms with Crippen LogP contribution in [0.25, 0.3) is 0 Å². The molecule has 1 N–H and O–H groups in total. The predicted molar refractivity (Wildman–Crippen MR) is 69.8 cm³/mol. The van der Waals surface area contributed by atoms with Crippen LogP contribution in [0.4, 0.5) is 4.39 Å². The first kappa shape index (κ1) is 12.8. The van der Waals surface area contributed by atoms with Gasteiger partial charge in [-0.1, -0.05) is 18.2 Å². The SMILES string of the molecule is Cc1ccc(C(C)NC(C)c2ccccc2F)o1. The third-order valence-corrected chi connectivity index (χ3v) is 3.06. The fourth-order valence-electron chi connectivity index (χ4n) is 2.06. The van der Waals surface area contributed by atoms with Gasteiger partial charge in [-0.25, -0.2) is 4.39 Å². The summed E-state index contributed by atoms with van der Waals surface area (Å²) in [6.45, 7) is 5.87. The second kappa shape index (κ2) is 5.36. The van der Waals surface area contributed by atoms with Gasteiger partial charge in [0.2, 0.25) is 0 Å². The van der Waals surface area contributed by atoms with Crippen molar-refractivity contribution in [2.45, 2.75) is 32.9 Å². The van der Waals surface area contributed by atoms with E-state index in [1.165, 1.54) is 6.07 Å². The molecule has 1 aromatic heterocycles. The fraction of sp³-hybridized carbons (Fsp3) is 0.333. The van der Waals surface area contributed by atoms with E-state index in [1.807, 2.05) is 39.0 Å². The molecular weight excluding hydrogens is 229 g/mol. The van der Waals surface area contributed by atoms with E-state index >= 15 is 0 Å². The quantitative estimate of drug-likeness (QED) is 0.878. The Hall–Kier alpha value is -1.61. The zero-order valence-electron chi connectivity index (χ0n) is 10.9. The lowest BCUT2D eigenvalue weighted by Gasteiger charge is -2.19. The maximum Gasteiger partial charge on any atom is 0.127 e. The third kappa shape index (κ3) is 2.79. The van der Waals surface area contributed by atoms with E-state index in [0.29, 0.717) is 5.56 Å². The van der Waals surface area contributed by atoms with Crippen LogP contribution in [-0.4, -0.2) is 0 Å². The molecule has 2 unspecified atom stereocenters. The normalized spacial score (nSPS) is 14.4. The Morgan fingerprint density at radius 1 is 1.06 bits per heavy atom. The maximum absolute atomic E-state index is 13.6. The van der Waals surface area contributed by atoms with Crippen molar-refractivity contribution in [3.05, 3.63) is 59.3 Å². The minimum Gasteiger partial charge on any atom is -0.465 e. The van der Waals surface area contributed by atoms with Crippen molar-refractivity contribution in [1.29, 1.82) is 0 Å². The van der Waals surface area contributed by atoms with Crippen molar-refractivity contribution in [2.75, 3.05) is 0 Å². The summed E-state index contributed by atoms with van der Waals surface area (Å²) in [5, 5.41) is 3.33. The lowest BCUT2D eigenvalue weighted by Crippen LogP contribution is -2.22. The van der Waals surface area contributed by atoms with Crippen molar-refractivity contribution in [3.8, 4) is 0 Å². The smallest absolute Gasteiger partial charge is 0.127 e. The molecule has 2 rings (SSSR count). The first-order valence-corrected chi connectivity index (χ1v) is 6.14. The largest absolute Gasteiger partial charge is 0.465 e. The maximum atomic E-state index is 13.6. The molecular formula is C15H18FNO. The van der Waals surface area contributed by atoms with Gasteiger partial charge in [0.25, 0.3) is 0 Å². The molecule has 2 aromatic rings. The third-order valence-electron chi connectivity index (χ3n) is 3.06. The van der Waals surface area contributed by atoms with E-state index in [0.717, 1.165) is 11.5 Å². The summed E-state index contributed by atoms with van der Waals surface area (Å²) >= 11 is 0. The molecule has 0 saturated carbocycles. The van der Waals surface area contributed by atoms with Crippen LogP contribution in [0, 0.1) is 12.7 Å². The summed E-state index contributed by atoms with van der Waals surface area (Å²) in [6, 6.07) is 10.7. The molecule has 0 amide bonds. The number of rotatable bonds is 4. The van der Waals surface area contributed by atoms with Crippen LogP contribution >= 0.6 is 0 Å². The van der Waals surface area contributed by atoms with Crippen LogP contribution in [0.15, 0.2) is 40.8 Å². The van der Waals surface area contributed by atoms with Gasteiger partial charge in [0, 0.05) is 11.6 Å². The Morgan fingerprint density at radius 2 is 1.78 bits per heavy atom. The zero-order chi connectivity index (χ0) is 13.1. The topological polar surface area (TPSA) is 25.2 Å². The van der Waals surface area contributed by atoms with E-state index in [-0.39, 0.29) is 17.9 Å². The van der Waals surface area contributed by atoms with Crippen LogP contribution in [0.2, 0.25) is 0 Å². The second-order valence-electron chi connectivity index (χ2n) is 4.58. The first-order chi connectivity index (χ1) is 8.58. The number of furan rings is 1. The van der Waals surface area contributed by atoms with Gasteiger partial charge >= 0.3 is 0 Å². The highest BCUT2D eigenvalue weighted by molar-refractivity contribution is 5.21. The average molecular weight is 247 g/mol. The van der Waals surface area contributed by atoms with Crippen molar-refractivity contribution < 1.29 is 8.81 Å². The first-order valence-electron chi connectivity index (χ1n) is 6.14. The molecule has 1 aromatic carbocycles. The standard InChI is InChI=1S/C15H18FNO/c1-10-8-9-15(18-10)12(3)17-11(2)13-6-4-5-7-14(13)16/h4-9,11-12,17H,1-3H3. The summed E-state index contributed by atoms with van der Waals surface area (Å²) in [5.41, 5.74) is 0.674. The highest BCUT2D eigenvalue weighted by atomic mass is 19.1. The number of hydrogen-bond donors (Lipinski definition) is 1. The molecule has 0 saturated heterocycles. The lowest BCUT2D eigenvalue weighted by atomic mass is 10.1. The second-order valence-corrected chi connectivity index (χ2v) is 4.58. The van der Waals surface area contributed by atoms with Crippen LogP contribution in [-0.2, 0) is 0 Å². The van der Waals surface area contributed by atoms with Gasteiger partial charge in [-0.05, 0) is 39.0 Å². The van der Waals surface area contributed by atoms with Crippen molar-refractivity contribution in [2.24, 2.45) is 0 Å². The number of nitrogens with one attached hydrogen (secondary N) is 1. The highest BCUT2D eigenvalue weighted by Gasteiger charge is 2.15. The van der Waals surface area contributed by atoms with Gasteiger partial charge in [-0.2, -0.15) is 0 Å². The molecule has 1 heterocycles. The van der Waals surface area contributed by atoms with E-state index < -0.39 is 0 Å². The molecule has 0 radical (unpaired) electrons. The van der Waals surface area contributed by atoms with Crippen molar-refractivity contribution in [3.63, 3.8) is 0 Å². The Morgan fingerprint density at radius 3 is 2.39 bits per heavy atom. The summed E-state index contributed by atoms with van der Waals surface area (Å²) in [7, 11) is 0. The average Bonchev–Trinajstić information content (AvgIpc) is 2.76. The fourth-order valence-corrected chi connectivity index (χ4v) is 2.06. The van der Waals surface area contributed by atoms with Gasteiger partial charge in [0.05, 0.1) is 6.04 Å². The Labute approximate surface area is 107 Å². The van der Waals surface area contributed by atoms with Crippen LogP contribution in [0.1, 0.15) is 43.0 Å². The van der Waals surface area contributed by atoms with Gasteiger partial charge < -0.3 is 9.73 Å². The number of aryl methyl sites for hydroxylation is 1. The summed E-state index contributed by atoms with van der Waals surface area (Å²) in [4.78, 5) is 0. The van der Waals surface area contributed by atoms with Crippen LogP contribution in [0.3, 0.4) is 0 Å². The summed E-state index contributed by atoms with van der Waals surface area (Å²) in [5.74, 6) is 1.58. The molecule has 18 heavy (non-hydrogen) atoms. The Kier molecular flexibility index (Phi) is 3.82. The summed E-state index contributed by atoms with van der Waals surface area (Å²) in [6.07, 6.45) is 0. The molecule has 0 aliphatic carbocycles. The van der Waals surface area contributed by atoms with Crippen molar-refractivity contribution in [1.82, 2.24) is 5.32 Å². The van der Waals surface area contributed by atoms with Gasteiger partial charge in [-0.15, -0.1) is 0 Å². The molecule has 0 fully saturated rings. The summed E-state index contributed by atoms with van der Waals surface area (Å²) < 4.78 is 19.2. The van der Waals surface area contributed by atoms with Gasteiger partial charge in [0.15, 0.2) is 0 Å². The highest BCUT2D eigenvalue weighted by Crippen LogP contribution is 2.22.